The second-order valence-electron chi connectivity index (χ2n) is 5.57. The highest BCUT2D eigenvalue weighted by atomic mass is 35.5. The Kier molecular flexibility index (Phi) is 7.36. The van der Waals surface area contributed by atoms with Crippen LogP contribution in [0.1, 0.15) is 5.56 Å². The smallest absolute Gasteiger partial charge is 0.247 e. The first-order chi connectivity index (χ1) is 12.6. The number of methoxy groups -OCH3 is 1. The van der Waals surface area contributed by atoms with E-state index in [-0.39, 0.29) is 28.8 Å². The molecule has 0 radical (unpaired) electrons. The van der Waals surface area contributed by atoms with Gasteiger partial charge in [0.2, 0.25) is 15.9 Å². The van der Waals surface area contributed by atoms with Crippen LogP contribution in [0.3, 0.4) is 0 Å². The van der Waals surface area contributed by atoms with Gasteiger partial charge in [-0.25, -0.2) is 8.42 Å². The standard InChI is InChI=1S/C17H17Cl3N2O4S/c1-22(27(24,25)16-8-13(19)5-6-15(16)26-2)10-17(23)21-9-11-3-4-12(18)7-14(11)20/h3-8H,9-10H2,1-2H3,(H,21,23). The van der Waals surface area contributed by atoms with Gasteiger partial charge in [0, 0.05) is 28.7 Å². The number of sulfonamides is 1. The summed E-state index contributed by atoms with van der Waals surface area (Å²) in [5, 5.41) is 3.76. The number of amides is 1. The highest BCUT2D eigenvalue weighted by Gasteiger charge is 2.26. The summed E-state index contributed by atoms with van der Waals surface area (Å²) in [6.45, 7) is -0.244. The molecule has 27 heavy (non-hydrogen) atoms. The number of nitrogens with zero attached hydrogens (tertiary/aromatic N) is 1. The summed E-state index contributed by atoms with van der Waals surface area (Å²) in [5.74, 6) is -0.354. The second kappa shape index (κ2) is 9.12. The Balaban J connectivity index is 2.08. The lowest BCUT2D eigenvalue weighted by molar-refractivity contribution is -0.121. The molecule has 0 unspecified atom stereocenters. The fraction of sp³-hybridized carbons (Fsp3) is 0.235. The molecule has 0 heterocycles. The van der Waals surface area contributed by atoms with Crippen molar-refractivity contribution in [3.63, 3.8) is 0 Å². The molecule has 0 saturated heterocycles. The Hall–Kier alpha value is -1.51. The molecule has 146 valence electrons. The third-order valence-electron chi connectivity index (χ3n) is 3.67. The van der Waals surface area contributed by atoms with Crippen LogP contribution in [0.15, 0.2) is 41.3 Å². The number of ether oxygens (including phenoxy) is 1. The number of carbonyl (C=O) groups excluding carboxylic acids is 1. The van der Waals surface area contributed by atoms with E-state index in [1.165, 1.54) is 32.4 Å². The summed E-state index contributed by atoms with van der Waals surface area (Å²) in [5.41, 5.74) is 0.663. The number of rotatable bonds is 7. The van der Waals surface area contributed by atoms with Gasteiger partial charge in [-0.3, -0.25) is 4.79 Å². The zero-order chi connectivity index (χ0) is 20.2. The summed E-state index contributed by atoms with van der Waals surface area (Å²) >= 11 is 17.8. The molecule has 0 fully saturated rings. The van der Waals surface area contributed by atoms with E-state index >= 15 is 0 Å². The molecule has 1 N–H and O–H groups in total. The third-order valence-corrected chi connectivity index (χ3v) is 6.32. The molecule has 1 amide bonds. The largest absolute Gasteiger partial charge is 0.495 e. The maximum Gasteiger partial charge on any atom is 0.247 e. The molecule has 6 nitrogen and oxygen atoms in total. The number of hydrogen-bond donors (Lipinski definition) is 1. The van der Waals surface area contributed by atoms with Crippen molar-refractivity contribution in [2.24, 2.45) is 0 Å². The lowest BCUT2D eigenvalue weighted by Crippen LogP contribution is -2.38. The van der Waals surface area contributed by atoms with Crippen molar-refractivity contribution in [3.8, 4) is 5.75 Å². The van der Waals surface area contributed by atoms with Crippen molar-refractivity contribution in [1.29, 1.82) is 0 Å². The first kappa shape index (κ1) is 21.8. The van der Waals surface area contributed by atoms with Crippen LogP contribution >= 0.6 is 34.8 Å². The zero-order valence-electron chi connectivity index (χ0n) is 14.5. The van der Waals surface area contributed by atoms with Crippen LogP contribution in [0.2, 0.25) is 15.1 Å². The quantitative estimate of drug-likeness (QED) is 0.698. The number of halogens is 3. The molecule has 0 saturated carbocycles. The number of nitrogens with one attached hydrogen (secondary N) is 1. The minimum absolute atomic E-state index is 0.117. The van der Waals surface area contributed by atoms with Gasteiger partial charge in [-0.2, -0.15) is 4.31 Å². The SMILES string of the molecule is COc1ccc(Cl)cc1S(=O)(=O)N(C)CC(=O)NCc1ccc(Cl)cc1Cl. The van der Waals surface area contributed by atoms with E-state index in [1.807, 2.05) is 0 Å². The fourth-order valence-electron chi connectivity index (χ4n) is 2.22. The van der Waals surface area contributed by atoms with E-state index in [1.54, 1.807) is 18.2 Å². The topological polar surface area (TPSA) is 75.7 Å². The molecular weight excluding hydrogens is 435 g/mol. The second-order valence-corrected chi connectivity index (χ2v) is 8.86. The van der Waals surface area contributed by atoms with Gasteiger partial charge in [-0.1, -0.05) is 40.9 Å². The average molecular weight is 452 g/mol. The molecule has 0 aromatic heterocycles. The average Bonchev–Trinajstić information content (AvgIpc) is 2.60. The van der Waals surface area contributed by atoms with Crippen LogP contribution in [-0.4, -0.2) is 39.3 Å². The lowest BCUT2D eigenvalue weighted by Gasteiger charge is -2.19. The maximum atomic E-state index is 12.7. The lowest BCUT2D eigenvalue weighted by atomic mass is 10.2. The van der Waals surface area contributed by atoms with Crippen LogP contribution in [0.4, 0.5) is 0 Å². The normalized spacial score (nSPS) is 11.5. The predicted octanol–water partition coefficient (Wildman–Crippen LogP) is 3.59. The summed E-state index contributed by atoms with van der Waals surface area (Å²) in [6, 6.07) is 9.14. The zero-order valence-corrected chi connectivity index (χ0v) is 17.6. The van der Waals surface area contributed by atoms with Gasteiger partial charge in [-0.15, -0.1) is 0 Å². The van der Waals surface area contributed by atoms with Crippen molar-refractivity contribution < 1.29 is 17.9 Å². The Morgan fingerprint density at radius 1 is 1.11 bits per heavy atom. The van der Waals surface area contributed by atoms with E-state index in [0.717, 1.165) is 4.31 Å². The first-order valence-electron chi connectivity index (χ1n) is 7.65. The predicted molar refractivity (Wildman–Crippen MR) is 106 cm³/mol. The molecule has 2 aromatic rings. The van der Waals surface area contributed by atoms with E-state index < -0.39 is 15.9 Å². The summed E-state index contributed by atoms with van der Waals surface area (Å²) in [4.78, 5) is 12.0. The third kappa shape index (κ3) is 5.49. The van der Waals surface area contributed by atoms with Crippen LogP contribution in [0.25, 0.3) is 0 Å². The van der Waals surface area contributed by atoms with Crippen LogP contribution in [0.5, 0.6) is 5.75 Å². The highest BCUT2D eigenvalue weighted by molar-refractivity contribution is 7.89. The molecule has 2 rings (SSSR count). The number of hydrogen-bond acceptors (Lipinski definition) is 4. The summed E-state index contributed by atoms with van der Waals surface area (Å²) < 4.78 is 31.5. The van der Waals surface area contributed by atoms with E-state index in [4.69, 9.17) is 39.5 Å². The monoisotopic (exact) mass is 450 g/mol. The Labute approximate surface area is 173 Å². The highest BCUT2D eigenvalue weighted by Crippen LogP contribution is 2.29. The molecule has 0 spiro atoms. The van der Waals surface area contributed by atoms with Gasteiger partial charge in [0.25, 0.3) is 0 Å². The number of benzene rings is 2. The van der Waals surface area contributed by atoms with Crippen molar-refractivity contribution in [2.45, 2.75) is 11.4 Å². The maximum absolute atomic E-state index is 12.7. The van der Waals surface area contributed by atoms with Crippen molar-refractivity contribution >= 4 is 50.7 Å². The summed E-state index contributed by atoms with van der Waals surface area (Å²) in [6.07, 6.45) is 0. The van der Waals surface area contributed by atoms with Gasteiger partial charge in [0.05, 0.1) is 13.7 Å². The molecule has 0 aliphatic carbocycles. The fourth-order valence-corrected chi connectivity index (χ4v) is 4.24. The molecular formula is C17H17Cl3N2O4S. The van der Waals surface area contributed by atoms with Crippen molar-refractivity contribution in [3.05, 3.63) is 57.0 Å². The Morgan fingerprint density at radius 3 is 2.37 bits per heavy atom. The Morgan fingerprint density at radius 2 is 1.74 bits per heavy atom. The molecule has 0 aliphatic heterocycles. The van der Waals surface area contributed by atoms with Gasteiger partial charge in [0.15, 0.2) is 0 Å². The van der Waals surface area contributed by atoms with Crippen LogP contribution < -0.4 is 10.1 Å². The molecule has 10 heteroatoms. The van der Waals surface area contributed by atoms with E-state index in [9.17, 15) is 13.2 Å². The van der Waals surface area contributed by atoms with Crippen LogP contribution in [-0.2, 0) is 21.4 Å². The molecule has 0 aliphatic rings. The van der Waals surface area contributed by atoms with Crippen molar-refractivity contribution in [2.75, 3.05) is 20.7 Å². The van der Waals surface area contributed by atoms with Gasteiger partial charge in [0.1, 0.15) is 10.6 Å². The molecule has 0 bridgehead atoms. The minimum atomic E-state index is -3.98. The Bertz CT molecular complexity index is 951. The molecule has 0 atom stereocenters. The summed E-state index contributed by atoms with van der Waals surface area (Å²) in [7, 11) is -1.33. The van der Waals surface area contributed by atoms with Gasteiger partial charge in [-0.05, 0) is 35.9 Å². The van der Waals surface area contributed by atoms with E-state index in [0.29, 0.717) is 15.6 Å². The van der Waals surface area contributed by atoms with Crippen LogP contribution in [0, 0.1) is 0 Å². The molecule has 2 aromatic carbocycles. The van der Waals surface area contributed by atoms with Crippen molar-refractivity contribution in [1.82, 2.24) is 9.62 Å². The first-order valence-corrected chi connectivity index (χ1v) is 10.2. The van der Waals surface area contributed by atoms with E-state index in [2.05, 4.69) is 5.32 Å². The minimum Gasteiger partial charge on any atom is -0.495 e. The number of carbonyl (C=O) groups is 1. The van der Waals surface area contributed by atoms with Gasteiger partial charge >= 0.3 is 0 Å². The van der Waals surface area contributed by atoms with Gasteiger partial charge < -0.3 is 10.1 Å². The number of likely N-dealkylation sites (N-methyl/N-ethyl adjacent to an activating group) is 1.